The Bertz CT molecular complexity index is 1020. The first-order valence-electron chi connectivity index (χ1n) is 11.5. The van der Waals surface area contributed by atoms with Gasteiger partial charge in [0.1, 0.15) is 12.6 Å². The summed E-state index contributed by atoms with van der Waals surface area (Å²) in [6.45, 7) is 1.59. The molecule has 2 atom stereocenters. The molecule has 0 spiro atoms. The number of thioether (sulfide) groups is 1. The van der Waals surface area contributed by atoms with Crippen molar-refractivity contribution in [3.63, 3.8) is 0 Å². The Labute approximate surface area is 209 Å². The number of rotatable bonds is 12. The highest BCUT2D eigenvalue weighted by Gasteiger charge is 2.40. The van der Waals surface area contributed by atoms with Crippen LogP contribution in [0.1, 0.15) is 36.8 Å². The molecule has 2 aromatic rings. The number of hydrogen-bond donors (Lipinski definition) is 3. The summed E-state index contributed by atoms with van der Waals surface area (Å²) in [6, 6.07) is 15.1. The number of hydrogen-bond acceptors (Lipinski definition) is 6. The number of methoxy groups -OCH3 is 1. The molecule has 0 saturated heterocycles. The van der Waals surface area contributed by atoms with Crippen molar-refractivity contribution in [2.45, 2.75) is 37.3 Å². The molecule has 0 fully saturated rings. The highest BCUT2D eigenvalue weighted by molar-refractivity contribution is 7.98. The molecule has 0 bridgehead atoms. The van der Waals surface area contributed by atoms with Gasteiger partial charge in [-0.2, -0.15) is 11.8 Å². The molecular formula is C26H32N2O6S. The number of carbonyl (C=O) groups excluding carboxylic acids is 2. The lowest BCUT2D eigenvalue weighted by atomic mass is 9.96. The fraction of sp³-hybridized carbons (Fsp3) is 0.423. The largest absolute Gasteiger partial charge is 0.479 e. The van der Waals surface area contributed by atoms with Crippen LogP contribution in [0.4, 0.5) is 4.79 Å². The summed E-state index contributed by atoms with van der Waals surface area (Å²) in [5.41, 5.74) is 2.85. The number of benzene rings is 2. The molecule has 0 saturated carbocycles. The van der Waals surface area contributed by atoms with Crippen LogP contribution < -0.4 is 10.6 Å². The molecule has 9 heteroatoms. The number of carboxylic acids is 1. The number of nitrogens with one attached hydrogen (secondary N) is 2. The summed E-state index contributed by atoms with van der Waals surface area (Å²) >= 11 is 1.52. The van der Waals surface area contributed by atoms with E-state index in [4.69, 9.17) is 9.47 Å². The minimum Gasteiger partial charge on any atom is -0.479 e. The number of carbonyl (C=O) groups is 3. The predicted molar refractivity (Wildman–Crippen MR) is 136 cm³/mol. The second-order valence-corrected chi connectivity index (χ2v) is 9.45. The lowest BCUT2D eigenvalue weighted by Gasteiger charge is -2.30. The Morgan fingerprint density at radius 2 is 1.69 bits per heavy atom. The van der Waals surface area contributed by atoms with Gasteiger partial charge in [-0.15, -0.1) is 0 Å². The van der Waals surface area contributed by atoms with E-state index >= 15 is 0 Å². The third kappa shape index (κ3) is 5.97. The van der Waals surface area contributed by atoms with Crippen molar-refractivity contribution < 1.29 is 29.0 Å². The summed E-state index contributed by atoms with van der Waals surface area (Å²) in [4.78, 5) is 37.6. The lowest BCUT2D eigenvalue weighted by Crippen LogP contribution is -2.61. The average molecular weight is 501 g/mol. The van der Waals surface area contributed by atoms with Crippen molar-refractivity contribution in [3.05, 3.63) is 59.7 Å². The first-order valence-corrected chi connectivity index (χ1v) is 12.9. The minimum absolute atomic E-state index is 0.104. The quantitative estimate of drug-likeness (QED) is 0.408. The molecule has 0 heterocycles. The molecule has 2 amide bonds. The van der Waals surface area contributed by atoms with Crippen molar-refractivity contribution in [2.24, 2.45) is 0 Å². The second-order valence-electron chi connectivity index (χ2n) is 8.47. The van der Waals surface area contributed by atoms with Crippen LogP contribution in [-0.2, 0) is 19.1 Å². The fourth-order valence-electron chi connectivity index (χ4n) is 4.35. The maximum absolute atomic E-state index is 13.0. The van der Waals surface area contributed by atoms with Gasteiger partial charge in [0.15, 0.2) is 5.54 Å². The van der Waals surface area contributed by atoms with E-state index in [0.29, 0.717) is 12.2 Å². The zero-order valence-corrected chi connectivity index (χ0v) is 21.0. The number of aliphatic carboxylic acids is 1. The van der Waals surface area contributed by atoms with E-state index in [1.807, 2.05) is 42.7 Å². The van der Waals surface area contributed by atoms with Gasteiger partial charge < -0.3 is 25.2 Å². The Kier molecular flexibility index (Phi) is 9.17. The topological polar surface area (TPSA) is 114 Å². The first-order chi connectivity index (χ1) is 16.9. The Morgan fingerprint density at radius 1 is 1.09 bits per heavy atom. The molecule has 3 N–H and O–H groups in total. The third-order valence-corrected chi connectivity index (χ3v) is 6.97. The molecule has 0 aromatic heterocycles. The maximum atomic E-state index is 13.0. The predicted octanol–water partition coefficient (Wildman–Crippen LogP) is 3.64. The molecular weight excluding hydrogens is 468 g/mol. The van der Waals surface area contributed by atoms with Gasteiger partial charge in [0.05, 0.1) is 6.61 Å². The summed E-state index contributed by atoms with van der Waals surface area (Å²) in [5, 5.41) is 14.9. The van der Waals surface area contributed by atoms with Crippen LogP contribution >= 0.6 is 11.8 Å². The number of amides is 2. The van der Waals surface area contributed by atoms with Crippen LogP contribution in [0.2, 0.25) is 0 Å². The zero-order chi connectivity index (χ0) is 25.4. The van der Waals surface area contributed by atoms with Gasteiger partial charge in [0.2, 0.25) is 5.91 Å². The highest BCUT2D eigenvalue weighted by atomic mass is 32.2. The van der Waals surface area contributed by atoms with Gasteiger partial charge >= 0.3 is 12.1 Å². The fourth-order valence-corrected chi connectivity index (χ4v) is 4.82. The molecule has 1 aliphatic carbocycles. The van der Waals surface area contributed by atoms with Crippen molar-refractivity contribution in [1.29, 1.82) is 0 Å². The van der Waals surface area contributed by atoms with Crippen molar-refractivity contribution in [3.8, 4) is 11.1 Å². The summed E-state index contributed by atoms with van der Waals surface area (Å²) in [7, 11) is 1.37. The zero-order valence-electron chi connectivity index (χ0n) is 20.2. The highest BCUT2D eigenvalue weighted by Crippen LogP contribution is 2.44. The van der Waals surface area contributed by atoms with E-state index in [1.54, 1.807) is 6.92 Å². The standard InChI is InChI=1S/C26H32N2O6S/c1-4-26(16-33-2,24(30)31)28-23(29)22(13-14-35-3)27-25(32)34-15-21-19-11-7-5-9-17(19)18-10-6-8-12-20(18)21/h5-12,21-22H,4,13-16H2,1-3H3,(H,27,32)(H,28,29)(H,30,31). The molecule has 0 radical (unpaired) electrons. The van der Waals surface area contributed by atoms with Crippen LogP contribution in [0.5, 0.6) is 0 Å². The molecule has 8 nitrogen and oxygen atoms in total. The van der Waals surface area contributed by atoms with Crippen molar-refractivity contribution in [2.75, 3.05) is 32.3 Å². The van der Waals surface area contributed by atoms with Gasteiger partial charge in [0, 0.05) is 13.0 Å². The van der Waals surface area contributed by atoms with Crippen LogP contribution in [0.3, 0.4) is 0 Å². The van der Waals surface area contributed by atoms with Gasteiger partial charge in [-0.05, 0) is 47.1 Å². The second kappa shape index (κ2) is 12.1. The Morgan fingerprint density at radius 3 is 2.20 bits per heavy atom. The van der Waals surface area contributed by atoms with E-state index in [2.05, 4.69) is 22.8 Å². The van der Waals surface area contributed by atoms with E-state index in [9.17, 15) is 19.5 Å². The van der Waals surface area contributed by atoms with E-state index in [1.165, 1.54) is 18.9 Å². The first kappa shape index (κ1) is 26.6. The molecule has 2 unspecified atom stereocenters. The van der Waals surface area contributed by atoms with Crippen molar-refractivity contribution in [1.82, 2.24) is 10.6 Å². The molecule has 0 aliphatic heterocycles. The number of fused-ring (bicyclic) bond motifs is 3. The van der Waals surface area contributed by atoms with Crippen LogP contribution in [0.15, 0.2) is 48.5 Å². The maximum Gasteiger partial charge on any atom is 0.407 e. The molecule has 1 aliphatic rings. The monoisotopic (exact) mass is 500 g/mol. The normalized spacial score (nSPS) is 14.8. The summed E-state index contributed by atoms with van der Waals surface area (Å²) in [5.74, 6) is -1.29. The van der Waals surface area contributed by atoms with Crippen molar-refractivity contribution >= 4 is 29.7 Å². The molecule has 2 aromatic carbocycles. The lowest BCUT2D eigenvalue weighted by molar-refractivity contribution is -0.150. The van der Waals surface area contributed by atoms with Crippen LogP contribution in [0, 0.1) is 0 Å². The Hall–Kier alpha value is -3.04. The van der Waals surface area contributed by atoms with E-state index < -0.39 is 29.6 Å². The third-order valence-electron chi connectivity index (χ3n) is 6.33. The molecule has 188 valence electrons. The number of carboxylic acid groups (broad SMARTS) is 1. The Balaban J connectivity index is 1.69. The minimum atomic E-state index is -1.58. The van der Waals surface area contributed by atoms with E-state index in [0.717, 1.165) is 22.3 Å². The molecule has 35 heavy (non-hydrogen) atoms. The van der Waals surface area contributed by atoms with E-state index in [-0.39, 0.29) is 25.6 Å². The van der Waals surface area contributed by atoms with Crippen LogP contribution in [-0.4, -0.2) is 67.0 Å². The van der Waals surface area contributed by atoms with Gasteiger partial charge in [-0.25, -0.2) is 9.59 Å². The summed E-state index contributed by atoms with van der Waals surface area (Å²) < 4.78 is 10.6. The van der Waals surface area contributed by atoms with Crippen LogP contribution in [0.25, 0.3) is 11.1 Å². The summed E-state index contributed by atoms with van der Waals surface area (Å²) in [6.07, 6.45) is 1.62. The SMILES string of the molecule is CCC(COC)(NC(=O)C(CCSC)NC(=O)OCC1c2ccccc2-c2ccccc21)C(=O)O. The number of alkyl carbamates (subject to hydrolysis) is 1. The van der Waals surface area contributed by atoms with Gasteiger partial charge in [-0.1, -0.05) is 55.5 Å². The smallest absolute Gasteiger partial charge is 0.407 e. The molecule has 3 rings (SSSR count). The average Bonchev–Trinajstić information content (AvgIpc) is 3.18. The van der Waals surface area contributed by atoms with Gasteiger partial charge in [-0.3, -0.25) is 4.79 Å². The number of ether oxygens (including phenoxy) is 2. The van der Waals surface area contributed by atoms with Gasteiger partial charge in [0.25, 0.3) is 0 Å².